The van der Waals surface area contributed by atoms with E-state index in [4.69, 9.17) is 19.4 Å². The van der Waals surface area contributed by atoms with Gasteiger partial charge in [-0.3, -0.25) is 0 Å². The number of furan rings is 1. The summed E-state index contributed by atoms with van der Waals surface area (Å²) < 4.78 is 6.54. The second-order valence-corrected chi connectivity index (χ2v) is 14.3. The molecule has 258 valence electrons. The number of allylic oxidation sites excluding steroid dienone is 1. The minimum absolute atomic E-state index is 0.598. The molecular weight excluding hydrogens is 671 g/mol. The minimum atomic E-state index is 0.598. The molecule has 4 nitrogen and oxygen atoms in total. The van der Waals surface area contributed by atoms with Crippen LogP contribution in [0, 0.1) is 0 Å². The van der Waals surface area contributed by atoms with Gasteiger partial charge < -0.3 is 4.42 Å². The maximum atomic E-state index is 6.54. The summed E-state index contributed by atoms with van der Waals surface area (Å²) in [4.78, 5) is 15.9. The van der Waals surface area contributed by atoms with Crippen LogP contribution in [0.2, 0.25) is 0 Å². The largest absolute Gasteiger partial charge is 0.456 e. The molecule has 0 N–H and O–H groups in total. The molecule has 1 aliphatic carbocycles. The highest BCUT2D eigenvalue weighted by atomic mass is 16.3. The Morgan fingerprint density at radius 3 is 1.87 bits per heavy atom. The highest BCUT2D eigenvalue weighted by Gasteiger charge is 2.21. The van der Waals surface area contributed by atoms with E-state index in [1.807, 2.05) is 18.2 Å². The Kier molecular flexibility index (Phi) is 7.27. The highest BCUT2D eigenvalue weighted by Crippen LogP contribution is 2.41. The normalized spacial score (nSPS) is 12.7. The van der Waals surface area contributed by atoms with Gasteiger partial charge in [0.15, 0.2) is 17.5 Å². The van der Waals surface area contributed by atoms with Gasteiger partial charge in [-0.05, 0) is 98.1 Å². The minimum Gasteiger partial charge on any atom is -0.456 e. The van der Waals surface area contributed by atoms with E-state index in [-0.39, 0.29) is 0 Å². The number of benzene rings is 8. The van der Waals surface area contributed by atoms with Gasteiger partial charge in [0.25, 0.3) is 0 Å². The van der Waals surface area contributed by atoms with Crippen LogP contribution < -0.4 is 0 Å². The number of hydrogen-bond acceptors (Lipinski definition) is 4. The van der Waals surface area contributed by atoms with E-state index >= 15 is 0 Å². The van der Waals surface area contributed by atoms with Crippen molar-refractivity contribution in [3.63, 3.8) is 0 Å². The van der Waals surface area contributed by atoms with E-state index in [2.05, 4.69) is 158 Å². The lowest BCUT2D eigenvalue weighted by molar-refractivity contribution is 0.669. The van der Waals surface area contributed by atoms with Crippen LogP contribution in [0.1, 0.15) is 23.1 Å². The summed E-state index contributed by atoms with van der Waals surface area (Å²) in [5.74, 6) is 1.88. The smallest absolute Gasteiger partial charge is 0.164 e. The van der Waals surface area contributed by atoms with Crippen LogP contribution in [-0.2, 0) is 6.42 Å². The first kappa shape index (κ1) is 31.4. The summed E-state index contributed by atoms with van der Waals surface area (Å²) in [5.41, 5.74) is 11.8. The Balaban J connectivity index is 1.15. The van der Waals surface area contributed by atoms with Crippen LogP contribution in [0.15, 0.2) is 174 Å². The Morgan fingerprint density at radius 1 is 0.400 bits per heavy atom. The van der Waals surface area contributed by atoms with Crippen molar-refractivity contribution in [1.82, 2.24) is 15.0 Å². The van der Waals surface area contributed by atoms with E-state index < -0.39 is 0 Å². The number of nitrogens with zero attached hydrogens (tertiary/aromatic N) is 3. The molecule has 0 bridgehead atoms. The van der Waals surface area contributed by atoms with Crippen molar-refractivity contribution in [3.8, 4) is 45.3 Å². The third-order valence-electron chi connectivity index (χ3n) is 11.0. The van der Waals surface area contributed by atoms with Crippen LogP contribution in [0.3, 0.4) is 0 Å². The molecule has 0 spiro atoms. The predicted molar refractivity (Wildman–Crippen MR) is 226 cm³/mol. The van der Waals surface area contributed by atoms with Crippen molar-refractivity contribution in [2.24, 2.45) is 0 Å². The molecule has 1 aliphatic rings. The lowest BCUT2D eigenvalue weighted by atomic mass is 9.88. The number of hydrogen-bond donors (Lipinski definition) is 0. The maximum absolute atomic E-state index is 6.54. The van der Waals surface area contributed by atoms with E-state index in [1.54, 1.807) is 0 Å². The maximum Gasteiger partial charge on any atom is 0.164 e. The van der Waals surface area contributed by atoms with Crippen LogP contribution in [0.4, 0.5) is 0 Å². The Labute approximate surface area is 318 Å². The third kappa shape index (κ3) is 5.42. The van der Waals surface area contributed by atoms with Crippen LogP contribution >= 0.6 is 0 Å². The van der Waals surface area contributed by atoms with Gasteiger partial charge in [-0.25, -0.2) is 15.0 Å². The molecule has 0 saturated heterocycles. The van der Waals surface area contributed by atoms with Crippen LogP contribution in [0.5, 0.6) is 0 Å². The molecule has 0 atom stereocenters. The van der Waals surface area contributed by atoms with E-state index in [1.165, 1.54) is 33.0 Å². The van der Waals surface area contributed by atoms with Crippen molar-refractivity contribution in [2.75, 3.05) is 0 Å². The third-order valence-corrected chi connectivity index (χ3v) is 11.0. The van der Waals surface area contributed by atoms with Crippen molar-refractivity contribution in [3.05, 3.63) is 187 Å². The summed E-state index contributed by atoms with van der Waals surface area (Å²) >= 11 is 0. The molecule has 10 aromatic rings. The van der Waals surface area contributed by atoms with Gasteiger partial charge in [0.2, 0.25) is 0 Å². The number of para-hydroxylation sites is 1. The highest BCUT2D eigenvalue weighted by molar-refractivity contribution is 6.14. The van der Waals surface area contributed by atoms with Gasteiger partial charge in [-0.2, -0.15) is 0 Å². The Hall–Kier alpha value is -7.17. The molecule has 0 radical (unpaired) electrons. The molecule has 4 heteroatoms. The molecule has 0 saturated carbocycles. The number of aryl methyl sites for hydroxylation is 1. The first-order valence-electron chi connectivity index (χ1n) is 18.8. The zero-order chi connectivity index (χ0) is 36.3. The fraction of sp³-hybridized carbons (Fsp3) is 0.0392. The quantitative estimate of drug-likeness (QED) is 0.167. The van der Waals surface area contributed by atoms with Crippen LogP contribution in [0.25, 0.3) is 100 Å². The van der Waals surface area contributed by atoms with Gasteiger partial charge in [0.1, 0.15) is 11.2 Å². The lowest BCUT2D eigenvalue weighted by Gasteiger charge is -2.18. The average Bonchev–Trinajstić information content (AvgIpc) is 3.64. The number of rotatable bonds is 5. The van der Waals surface area contributed by atoms with Gasteiger partial charge in [-0.15, -0.1) is 0 Å². The van der Waals surface area contributed by atoms with Gasteiger partial charge in [-0.1, -0.05) is 146 Å². The number of aromatic nitrogens is 3. The molecule has 0 fully saturated rings. The van der Waals surface area contributed by atoms with Crippen LogP contribution in [-0.4, -0.2) is 15.0 Å². The molecule has 2 heterocycles. The molecule has 8 aromatic carbocycles. The van der Waals surface area contributed by atoms with E-state index in [0.29, 0.717) is 17.5 Å². The molecule has 0 unspecified atom stereocenters. The zero-order valence-electron chi connectivity index (χ0n) is 29.9. The summed E-state index contributed by atoms with van der Waals surface area (Å²) in [6, 6.07) is 59.7. The van der Waals surface area contributed by atoms with Gasteiger partial charge in [0, 0.05) is 27.5 Å². The first-order valence-corrected chi connectivity index (χ1v) is 18.8. The first-order chi connectivity index (χ1) is 27.2. The molecule has 11 rings (SSSR count). The van der Waals surface area contributed by atoms with Crippen molar-refractivity contribution in [1.29, 1.82) is 0 Å². The standard InChI is InChI=1S/C51H33N3O/c1-3-13-32(14-4-1)34-23-24-36-28-38(26-25-35(36)27-34)49-52-50(54-51(53-49)45-29-37-17-7-8-18-40(37)41-19-9-10-20-42(41)45)39-30-44(33-15-5-2-6-16-33)48-43-21-11-12-22-46(43)55-47(48)31-39/h1-22,25-31H,23-24H2. The van der Waals surface area contributed by atoms with Crippen molar-refractivity contribution in [2.45, 2.75) is 12.8 Å². The molecule has 55 heavy (non-hydrogen) atoms. The monoisotopic (exact) mass is 703 g/mol. The van der Waals surface area contributed by atoms with Gasteiger partial charge >= 0.3 is 0 Å². The van der Waals surface area contributed by atoms with E-state index in [0.717, 1.165) is 73.4 Å². The predicted octanol–water partition coefficient (Wildman–Crippen LogP) is 13.2. The molecular formula is C51H33N3O. The topological polar surface area (TPSA) is 51.8 Å². The summed E-state index contributed by atoms with van der Waals surface area (Å²) in [5, 5.41) is 6.79. The molecule has 0 amide bonds. The lowest BCUT2D eigenvalue weighted by Crippen LogP contribution is -2.03. The van der Waals surface area contributed by atoms with Crippen molar-refractivity contribution >= 4 is 55.1 Å². The zero-order valence-corrected chi connectivity index (χ0v) is 29.9. The SMILES string of the molecule is C1=C(c2ccccc2)CCc2cc(-c3nc(-c4cc(-c5ccccc5)c5c(c4)oc4ccccc45)nc(-c4cc5ccccc5c5ccccc45)n3)ccc21. The van der Waals surface area contributed by atoms with Gasteiger partial charge in [0.05, 0.1) is 0 Å². The Morgan fingerprint density at radius 2 is 1.05 bits per heavy atom. The second-order valence-electron chi connectivity index (χ2n) is 14.3. The van der Waals surface area contributed by atoms with E-state index in [9.17, 15) is 0 Å². The average molecular weight is 704 g/mol. The summed E-state index contributed by atoms with van der Waals surface area (Å²) in [6.07, 6.45) is 4.27. The Bertz CT molecular complexity index is 3140. The molecule has 2 aromatic heterocycles. The fourth-order valence-electron chi connectivity index (χ4n) is 8.33. The fourth-order valence-corrected chi connectivity index (χ4v) is 8.33. The van der Waals surface area contributed by atoms with Crippen molar-refractivity contribution < 1.29 is 4.42 Å². The summed E-state index contributed by atoms with van der Waals surface area (Å²) in [6.45, 7) is 0. The second kappa shape index (κ2) is 12.8. The number of fused-ring (bicyclic) bond motifs is 7. The summed E-state index contributed by atoms with van der Waals surface area (Å²) in [7, 11) is 0. The molecule has 0 aliphatic heterocycles.